The SMILES string of the molecule is COc1cc(-c2nnc(N)o2)c(Br)c(OC)c1OC. The number of hydrogen-bond donors (Lipinski definition) is 1. The molecule has 2 aromatic rings. The zero-order valence-corrected chi connectivity index (χ0v) is 12.1. The minimum Gasteiger partial charge on any atom is -0.493 e. The Kier molecular flexibility index (Phi) is 3.79. The number of benzene rings is 1. The van der Waals surface area contributed by atoms with E-state index in [1.165, 1.54) is 21.3 Å². The van der Waals surface area contributed by atoms with E-state index in [1.54, 1.807) is 6.07 Å². The second-order valence-corrected chi connectivity index (χ2v) is 4.25. The third-order valence-corrected chi connectivity index (χ3v) is 3.23. The van der Waals surface area contributed by atoms with Crippen LogP contribution in [0.3, 0.4) is 0 Å². The molecule has 0 aliphatic carbocycles. The summed E-state index contributed by atoms with van der Waals surface area (Å²) in [6.07, 6.45) is 0. The van der Waals surface area contributed by atoms with Crippen LogP contribution in [0, 0.1) is 0 Å². The van der Waals surface area contributed by atoms with Gasteiger partial charge in [-0.3, -0.25) is 0 Å². The Morgan fingerprint density at radius 1 is 1.11 bits per heavy atom. The lowest BCUT2D eigenvalue weighted by Crippen LogP contribution is -1.97. The Balaban J connectivity index is 2.68. The molecule has 2 N–H and O–H groups in total. The summed E-state index contributed by atoms with van der Waals surface area (Å²) in [6.45, 7) is 0. The molecular weight excluding hydrogens is 318 g/mol. The predicted octanol–water partition coefficient (Wildman–Crippen LogP) is 2.11. The molecular formula is C11H12BrN3O4. The molecule has 0 aliphatic heterocycles. The Labute approximate surface area is 117 Å². The monoisotopic (exact) mass is 329 g/mol. The number of halogens is 1. The van der Waals surface area contributed by atoms with Crippen molar-refractivity contribution < 1.29 is 18.6 Å². The molecule has 0 aliphatic rings. The average Bonchev–Trinajstić information content (AvgIpc) is 2.84. The molecule has 1 aromatic heterocycles. The second kappa shape index (κ2) is 5.35. The number of nitrogen functional groups attached to an aromatic ring is 1. The van der Waals surface area contributed by atoms with Gasteiger partial charge in [0.25, 0.3) is 5.89 Å². The van der Waals surface area contributed by atoms with E-state index >= 15 is 0 Å². The minimum atomic E-state index is -0.0179. The fourth-order valence-electron chi connectivity index (χ4n) is 1.62. The first-order valence-corrected chi connectivity index (χ1v) is 5.99. The van der Waals surface area contributed by atoms with E-state index in [0.717, 1.165) is 0 Å². The fraction of sp³-hybridized carbons (Fsp3) is 0.273. The smallest absolute Gasteiger partial charge is 0.313 e. The standard InChI is InChI=1S/C11H12BrN3O4/c1-16-6-4-5(10-14-15-11(13)19-10)7(12)9(18-3)8(6)17-2/h4H,1-3H3,(H2,13,15). The third-order valence-electron chi connectivity index (χ3n) is 2.44. The Morgan fingerprint density at radius 2 is 1.79 bits per heavy atom. The number of rotatable bonds is 4. The van der Waals surface area contributed by atoms with E-state index in [1.807, 2.05) is 0 Å². The first-order valence-electron chi connectivity index (χ1n) is 5.20. The fourth-order valence-corrected chi connectivity index (χ4v) is 2.25. The Hall–Kier alpha value is -1.96. The molecule has 0 spiro atoms. The maximum Gasteiger partial charge on any atom is 0.313 e. The molecule has 0 radical (unpaired) electrons. The lowest BCUT2D eigenvalue weighted by atomic mass is 10.2. The molecule has 2 rings (SSSR count). The van der Waals surface area contributed by atoms with Gasteiger partial charge in [0.05, 0.1) is 31.4 Å². The largest absolute Gasteiger partial charge is 0.493 e. The molecule has 0 unspecified atom stereocenters. The number of ether oxygens (including phenoxy) is 3. The number of methoxy groups -OCH3 is 3. The summed E-state index contributed by atoms with van der Waals surface area (Å²) in [6, 6.07) is 1.67. The third kappa shape index (κ3) is 2.30. The van der Waals surface area contributed by atoms with Crippen LogP contribution in [0.5, 0.6) is 17.2 Å². The van der Waals surface area contributed by atoms with Gasteiger partial charge in [-0.05, 0) is 22.0 Å². The highest BCUT2D eigenvalue weighted by Gasteiger charge is 2.22. The van der Waals surface area contributed by atoms with Crippen molar-refractivity contribution in [2.24, 2.45) is 0 Å². The van der Waals surface area contributed by atoms with Crippen LogP contribution >= 0.6 is 15.9 Å². The van der Waals surface area contributed by atoms with Crippen LogP contribution in [0.1, 0.15) is 0 Å². The van der Waals surface area contributed by atoms with Gasteiger partial charge in [-0.25, -0.2) is 0 Å². The summed E-state index contributed by atoms with van der Waals surface area (Å²) in [7, 11) is 4.57. The van der Waals surface area contributed by atoms with Crippen LogP contribution in [-0.2, 0) is 0 Å². The van der Waals surface area contributed by atoms with E-state index in [2.05, 4.69) is 26.1 Å². The van der Waals surface area contributed by atoms with Gasteiger partial charge in [0, 0.05) is 0 Å². The summed E-state index contributed by atoms with van der Waals surface area (Å²) in [5.74, 6) is 1.67. The summed E-state index contributed by atoms with van der Waals surface area (Å²) < 4.78 is 21.6. The molecule has 8 heteroatoms. The van der Waals surface area contributed by atoms with Crippen molar-refractivity contribution in [1.82, 2.24) is 10.2 Å². The molecule has 0 fully saturated rings. The number of aromatic nitrogens is 2. The van der Waals surface area contributed by atoms with Gasteiger partial charge < -0.3 is 24.4 Å². The maximum atomic E-state index is 5.42. The van der Waals surface area contributed by atoms with Gasteiger partial charge in [0.15, 0.2) is 11.5 Å². The van der Waals surface area contributed by atoms with Crippen molar-refractivity contribution >= 4 is 21.9 Å². The van der Waals surface area contributed by atoms with Gasteiger partial charge in [-0.1, -0.05) is 5.10 Å². The number of hydrogen-bond acceptors (Lipinski definition) is 7. The lowest BCUT2D eigenvalue weighted by molar-refractivity contribution is 0.323. The van der Waals surface area contributed by atoms with E-state index in [9.17, 15) is 0 Å². The summed E-state index contributed by atoms with van der Waals surface area (Å²) in [5, 5.41) is 7.44. The van der Waals surface area contributed by atoms with Crippen LogP contribution in [-0.4, -0.2) is 31.5 Å². The molecule has 1 heterocycles. The van der Waals surface area contributed by atoms with Crippen LogP contribution in [0.15, 0.2) is 15.0 Å². The highest BCUT2D eigenvalue weighted by atomic mass is 79.9. The lowest BCUT2D eigenvalue weighted by Gasteiger charge is -2.15. The molecule has 0 atom stereocenters. The molecule has 19 heavy (non-hydrogen) atoms. The molecule has 0 saturated heterocycles. The van der Waals surface area contributed by atoms with Crippen molar-refractivity contribution in [2.75, 3.05) is 27.1 Å². The summed E-state index contributed by atoms with van der Waals surface area (Å²) >= 11 is 3.41. The van der Waals surface area contributed by atoms with E-state index in [-0.39, 0.29) is 11.9 Å². The van der Waals surface area contributed by atoms with Crippen molar-refractivity contribution in [3.05, 3.63) is 10.5 Å². The molecule has 7 nitrogen and oxygen atoms in total. The highest BCUT2D eigenvalue weighted by molar-refractivity contribution is 9.10. The molecule has 102 valence electrons. The van der Waals surface area contributed by atoms with Crippen molar-refractivity contribution in [2.45, 2.75) is 0 Å². The Morgan fingerprint density at radius 3 is 2.26 bits per heavy atom. The van der Waals surface area contributed by atoms with Crippen molar-refractivity contribution in [3.8, 4) is 28.7 Å². The predicted molar refractivity (Wildman–Crippen MR) is 71.5 cm³/mol. The summed E-state index contributed by atoms with van der Waals surface area (Å²) in [5.41, 5.74) is 6.02. The molecule has 0 bridgehead atoms. The number of nitrogens with two attached hydrogens (primary N) is 1. The zero-order valence-electron chi connectivity index (χ0n) is 10.6. The van der Waals surface area contributed by atoms with Crippen LogP contribution in [0.25, 0.3) is 11.5 Å². The van der Waals surface area contributed by atoms with Gasteiger partial charge in [0.2, 0.25) is 5.75 Å². The number of anilines is 1. The van der Waals surface area contributed by atoms with E-state index < -0.39 is 0 Å². The van der Waals surface area contributed by atoms with Gasteiger partial charge in [-0.15, -0.1) is 5.10 Å². The van der Waals surface area contributed by atoms with Crippen molar-refractivity contribution in [1.29, 1.82) is 0 Å². The van der Waals surface area contributed by atoms with Crippen molar-refractivity contribution in [3.63, 3.8) is 0 Å². The second-order valence-electron chi connectivity index (χ2n) is 3.45. The zero-order chi connectivity index (χ0) is 14.0. The molecule has 1 aromatic carbocycles. The molecule has 0 amide bonds. The van der Waals surface area contributed by atoms with Gasteiger partial charge in [0.1, 0.15) is 0 Å². The Bertz CT molecular complexity index is 600. The van der Waals surface area contributed by atoms with Crippen LogP contribution in [0.4, 0.5) is 6.01 Å². The summed E-state index contributed by atoms with van der Waals surface area (Å²) in [4.78, 5) is 0. The normalized spacial score (nSPS) is 10.3. The number of nitrogens with zero attached hydrogens (tertiary/aromatic N) is 2. The quantitative estimate of drug-likeness (QED) is 0.917. The maximum absolute atomic E-state index is 5.42. The molecule has 0 saturated carbocycles. The van der Waals surface area contributed by atoms with Crippen LogP contribution < -0.4 is 19.9 Å². The van der Waals surface area contributed by atoms with E-state index in [0.29, 0.717) is 27.3 Å². The minimum absolute atomic E-state index is 0.0179. The highest BCUT2D eigenvalue weighted by Crippen LogP contribution is 2.47. The van der Waals surface area contributed by atoms with Crippen LogP contribution in [0.2, 0.25) is 0 Å². The van der Waals surface area contributed by atoms with E-state index in [4.69, 9.17) is 24.4 Å². The average molecular weight is 330 g/mol. The van der Waals surface area contributed by atoms with Gasteiger partial charge in [-0.2, -0.15) is 0 Å². The topological polar surface area (TPSA) is 92.6 Å². The first-order chi connectivity index (χ1) is 9.12. The first kappa shape index (κ1) is 13.5. The van der Waals surface area contributed by atoms with Gasteiger partial charge >= 0.3 is 6.01 Å².